The number of rotatable bonds is 2. The average Bonchev–Trinajstić information content (AvgIpc) is 2.71. The van der Waals surface area contributed by atoms with E-state index in [0.29, 0.717) is 5.78 Å². The Labute approximate surface area is 108 Å². The fraction of sp³-hybridized carbons (Fsp3) is 0.562. The quantitative estimate of drug-likeness (QED) is 0.584. The summed E-state index contributed by atoms with van der Waals surface area (Å²) in [5.74, 6) is 1.41. The number of ether oxygens (including phenoxy) is 1. The molecule has 0 saturated heterocycles. The Balaban J connectivity index is 1.85. The second kappa shape index (κ2) is 5.13. The number of para-hydroxylation sites is 1. The first kappa shape index (κ1) is 11.8. The Hall–Kier alpha value is -1.31. The summed E-state index contributed by atoms with van der Waals surface area (Å²) in [4.78, 5) is 12.6. The summed E-state index contributed by atoms with van der Waals surface area (Å²) in [6, 6.07) is 6.01. The van der Waals surface area contributed by atoms with Crippen LogP contribution >= 0.6 is 0 Å². The maximum atomic E-state index is 12.6. The van der Waals surface area contributed by atoms with Crippen molar-refractivity contribution in [1.82, 2.24) is 0 Å². The molecule has 0 aromatic heterocycles. The van der Waals surface area contributed by atoms with Crippen LogP contribution in [0.1, 0.15) is 54.4 Å². The molecule has 2 heteroatoms. The number of Topliss-reactive ketones (excluding diaryl/α,β-unsaturated/α-hetero) is 1. The van der Waals surface area contributed by atoms with E-state index in [-0.39, 0.29) is 5.92 Å². The Morgan fingerprint density at radius 3 is 2.67 bits per heavy atom. The number of benzene rings is 1. The van der Waals surface area contributed by atoms with Crippen molar-refractivity contribution in [2.24, 2.45) is 5.92 Å². The second-order valence-corrected chi connectivity index (χ2v) is 5.45. The molecule has 1 fully saturated rings. The van der Waals surface area contributed by atoms with Gasteiger partial charge in [-0.1, -0.05) is 37.8 Å². The third kappa shape index (κ3) is 2.16. The van der Waals surface area contributed by atoms with Crippen LogP contribution in [-0.2, 0) is 6.42 Å². The number of fused-ring (bicyclic) bond motifs is 1. The second-order valence-electron chi connectivity index (χ2n) is 5.45. The van der Waals surface area contributed by atoms with Crippen LogP contribution in [0.4, 0.5) is 0 Å². The Bertz CT molecular complexity index is 442. The number of carbonyl (C=O) groups is 1. The first-order valence-corrected chi connectivity index (χ1v) is 7.15. The van der Waals surface area contributed by atoms with Gasteiger partial charge in [-0.05, 0) is 24.5 Å². The van der Waals surface area contributed by atoms with Gasteiger partial charge in [0.15, 0.2) is 5.78 Å². The molecule has 3 rings (SSSR count). The zero-order valence-corrected chi connectivity index (χ0v) is 10.8. The minimum atomic E-state index is 0.225. The predicted molar refractivity (Wildman–Crippen MR) is 71.2 cm³/mol. The van der Waals surface area contributed by atoms with Crippen LogP contribution in [0, 0.1) is 5.92 Å². The minimum absolute atomic E-state index is 0.225. The maximum absolute atomic E-state index is 12.6. The number of hydrogen-bond acceptors (Lipinski definition) is 2. The Morgan fingerprint density at radius 1 is 1.11 bits per heavy atom. The lowest BCUT2D eigenvalue weighted by Gasteiger charge is -2.14. The molecule has 1 aromatic rings. The molecule has 0 N–H and O–H groups in total. The topological polar surface area (TPSA) is 26.3 Å². The summed E-state index contributed by atoms with van der Waals surface area (Å²) in [6.07, 6.45) is 8.03. The van der Waals surface area contributed by atoms with Crippen molar-refractivity contribution in [3.63, 3.8) is 0 Å². The highest BCUT2D eigenvalue weighted by Gasteiger charge is 2.26. The molecule has 0 radical (unpaired) electrons. The van der Waals surface area contributed by atoms with Gasteiger partial charge in [-0.25, -0.2) is 0 Å². The fourth-order valence-electron chi connectivity index (χ4n) is 3.17. The van der Waals surface area contributed by atoms with Crippen molar-refractivity contribution in [3.05, 3.63) is 29.3 Å². The molecule has 1 aliphatic carbocycles. The van der Waals surface area contributed by atoms with E-state index in [1.165, 1.54) is 31.2 Å². The summed E-state index contributed by atoms with van der Waals surface area (Å²) in [7, 11) is 0. The standard InChI is InChI=1S/C16H20O2/c17-15(12-6-3-1-2-4-7-12)14-9-5-8-13-10-11-18-16(13)14/h5,8-9,12H,1-4,6-7,10-11H2. The first-order chi connectivity index (χ1) is 8.86. The van der Waals surface area contributed by atoms with Crippen LogP contribution in [0.5, 0.6) is 5.75 Å². The van der Waals surface area contributed by atoms with E-state index in [1.807, 2.05) is 12.1 Å². The molecule has 2 aliphatic rings. The van der Waals surface area contributed by atoms with Crippen LogP contribution in [0.25, 0.3) is 0 Å². The summed E-state index contributed by atoms with van der Waals surface area (Å²) in [5, 5.41) is 0. The lowest BCUT2D eigenvalue weighted by atomic mass is 9.90. The van der Waals surface area contributed by atoms with Crippen LogP contribution in [0.15, 0.2) is 18.2 Å². The largest absolute Gasteiger partial charge is 0.492 e. The lowest BCUT2D eigenvalue weighted by molar-refractivity contribution is 0.0904. The molecule has 18 heavy (non-hydrogen) atoms. The zero-order valence-electron chi connectivity index (χ0n) is 10.8. The van der Waals surface area contributed by atoms with Gasteiger partial charge < -0.3 is 4.74 Å². The van der Waals surface area contributed by atoms with E-state index >= 15 is 0 Å². The molecule has 2 nitrogen and oxygen atoms in total. The van der Waals surface area contributed by atoms with Gasteiger partial charge in [0.2, 0.25) is 0 Å². The highest BCUT2D eigenvalue weighted by molar-refractivity contribution is 6.00. The van der Waals surface area contributed by atoms with E-state index in [1.54, 1.807) is 0 Å². The van der Waals surface area contributed by atoms with Crippen LogP contribution in [0.2, 0.25) is 0 Å². The summed E-state index contributed by atoms with van der Waals surface area (Å²) in [5.41, 5.74) is 2.03. The van der Waals surface area contributed by atoms with Crippen LogP contribution in [0.3, 0.4) is 0 Å². The highest BCUT2D eigenvalue weighted by Crippen LogP contribution is 2.34. The van der Waals surface area contributed by atoms with Crippen molar-refractivity contribution in [3.8, 4) is 5.75 Å². The summed E-state index contributed by atoms with van der Waals surface area (Å²) in [6.45, 7) is 0.726. The van der Waals surface area contributed by atoms with Gasteiger partial charge in [0.1, 0.15) is 5.75 Å². The number of hydrogen-bond donors (Lipinski definition) is 0. The third-order valence-corrected chi connectivity index (χ3v) is 4.21. The number of carbonyl (C=O) groups excluding carboxylic acids is 1. The normalized spacial score (nSPS) is 20.0. The predicted octanol–water partition coefficient (Wildman–Crippen LogP) is 3.77. The van der Waals surface area contributed by atoms with E-state index in [2.05, 4.69) is 6.07 Å². The SMILES string of the molecule is O=C(c1cccc2c1OCC2)C1CCCCCC1. The molecule has 96 valence electrons. The van der Waals surface area contributed by atoms with Crippen molar-refractivity contribution in [2.75, 3.05) is 6.61 Å². The zero-order chi connectivity index (χ0) is 12.4. The maximum Gasteiger partial charge on any atom is 0.169 e. The molecule has 0 unspecified atom stereocenters. The van der Waals surface area contributed by atoms with Gasteiger partial charge in [-0.3, -0.25) is 4.79 Å². The molecule has 0 spiro atoms. The first-order valence-electron chi connectivity index (χ1n) is 7.15. The van der Waals surface area contributed by atoms with E-state index in [0.717, 1.165) is 37.2 Å². The molecule has 0 bridgehead atoms. The van der Waals surface area contributed by atoms with E-state index < -0.39 is 0 Å². The molecule has 0 amide bonds. The van der Waals surface area contributed by atoms with Gasteiger partial charge in [-0.15, -0.1) is 0 Å². The van der Waals surface area contributed by atoms with Crippen molar-refractivity contribution < 1.29 is 9.53 Å². The lowest BCUT2D eigenvalue weighted by Crippen LogP contribution is -2.15. The van der Waals surface area contributed by atoms with Crippen molar-refractivity contribution >= 4 is 5.78 Å². The molecule has 1 heterocycles. The van der Waals surface area contributed by atoms with Crippen LogP contribution < -0.4 is 4.74 Å². The summed E-state index contributed by atoms with van der Waals surface area (Å²) < 4.78 is 5.65. The average molecular weight is 244 g/mol. The molecular formula is C16H20O2. The van der Waals surface area contributed by atoms with E-state index in [9.17, 15) is 4.79 Å². The van der Waals surface area contributed by atoms with Crippen molar-refractivity contribution in [2.45, 2.75) is 44.9 Å². The van der Waals surface area contributed by atoms with Gasteiger partial charge in [0.25, 0.3) is 0 Å². The summed E-state index contributed by atoms with van der Waals surface area (Å²) >= 11 is 0. The smallest absolute Gasteiger partial charge is 0.169 e. The van der Waals surface area contributed by atoms with Gasteiger partial charge in [0.05, 0.1) is 12.2 Å². The minimum Gasteiger partial charge on any atom is -0.492 e. The Morgan fingerprint density at radius 2 is 1.89 bits per heavy atom. The third-order valence-electron chi connectivity index (χ3n) is 4.21. The number of ketones is 1. The molecule has 1 saturated carbocycles. The Kier molecular flexibility index (Phi) is 3.35. The monoisotopic (exact) mass is 244 g/mol. The highest BCUT2D eigenvalue weighted by atomic mass is 16.5. The van der Waals surface area contributed by atoms with E-state index in [4.69, 9.17) is 4.74 Å². The molecule has 1 aromatic carbocycles. The van der Waals surface area contributed by atoms with Gasteiger partial charge in [-0.2, -0.15) is 0 Å². The molecule has 1 aliphatic heterocycles. The van der Waals surface area contributed by atoms with Crippen LogP contribution in [-0.4, -0.2) is 12.4 Å². The molecule has 0 atom stereocenters. The fourth-order valence-corrected chi connectivity index (χ4v) is 3.17. The molecular weight excluding hydrogens is 224 g/mol. The van der Waals surface area contributed by atoms with Gasteiger partial charge >= 0.3 is 0 Å². The van der Waals surface area contributed by atoms with Gasteiger partial charge in [0, 0.05) is 12.3 Å². The van der Waals surface area contributed by atoms with Crippen molar-refractivity contribution in [1.29, 1.82) is 0 Å².